The SMILES string of the molecule is CCCc1ccc(C(=O)N2CCC3(CC2)CN(c2ncccn2)CC32CCN(C)C2=O)cc1. The van der Waals surface area contributed by atoms with Gasteiger partial charge in [0.1, 0.15) is 0 Å². The van der Waals surface area contributed by atoms with Crippen LogP contribution in [0.3, 0.4) is 0 Å². The minimum absolute atomic E-state index is 0.0954. The summed E-state index contributed by atoms with van der Waals surface area (Å²) >= 11 is 0. The van der Waals surface area contributed by atoms with Gasteiger partial charge in [-0.2, -0.15) is 0 Å². The molecular weight excluding hydrogens is 414 g/mol. The summed E-state index contributed by atoms with van der Waals surface area (Å²) < 4.78 is 0. The maximum absolute atomic E-state index is 13.5. The van der Waals surface area contributed by atoms with Crippen molar-refractivity contribution in [3.05, 3.63) is 53.9 Å². The molecule has 33 heavy (non-hydrogen) atoms. The highest BCUT2D eigenvalue weighted by molar-refractivity contribution is 5.94. The molecule has 3 aliphatic rings. The van der Waals surface area contributed by atoms with E-state index in [1.165, 1.54) is 5.56 Å². The molecule has 7 nitrogen and oxygen atoms in total. The van der Waals surface area contributed by atoms with Crippen LogP contribution in [0.15, 0.2) is 42.7 Å². The summed E-state index contributed by atoms with van der Waals surface area (Å²) in [6.07, 6.45) is 8.17. The predicted octanol–water partition coefficient (Wildman–Crippen LogP) is 3.02. The lowest BCUT2D eigenvalue weighted by molar-refractivity contribution is -0.140. The third-order valence-corrected chi connectivity index (χ3v) is 8.18. The molecule has 3 fully saturated rings. The van der Waals surface area contributed by atoms with Crippen molar-refractivity contribution in [3.63, 3.8) is 0 Å². The molecule has 1 aromatic carbocycles. The van der Waals surface area contributed by atoms with Gasteiger partial charge >= 0.3 is 0 Å². The maximum atomic E-state index is 13.5. The molecule has 0 saturated carbocycles. The zero-order valence-corrected chi connectivity index (χ0v) is 19.7. The zero-order chi connectivity index (χ0) is 23.1. The highest BCUT2D eigenvalue weighted by Crippen LogP contribution is 2.58. The summed E-state index contributed by atoms with van der Waals surface area (Å²) in [5.74, 6) is 1.03. The fourth-order valence-electron chi connectivity index (χ4n) is 6.29. The summed E-state index contributed by atoms with van der Waals surface area (Å²) in [4.78, 5) is 41.7. The monoisotopic (exact) mass is 447 g/mol. The number of likely N-dealkylation sites (tertiary alicyclic amines) is 2. The van der Waals surface area contributed by atoms with Crippen LogP contribution in [0.2, 0.25) is 0 Å². The van der Waals surface area contributed by atoms with Gasteiger partial charge in [-0.05, 0) is 49.4 Å². The van der Waals surface area contributed by atoms with E-state index >= 15 is 0 Å². The molecule has 1 aromatic heterocycles. The number of aromatic nitrogens is 2. The second-order valence-corrected chi connectivity index (χ2v) is 9.98. The third-order valence-electron chi connectivity index (χ3n) is 8.18. The van der Waals surface area contributed by atoms with Gasteiger partial charge in [0.05, 0.1) is 5.41 Å². The van der Waals surface area contributed by atoms with Crippen molar-refractivity contribution < 1.29 is 9.59 Å². The Morgan fingerprint density at radius 1 is 1.00 bits per heavy atom. The van der Waals surface area contributed by atoms with Crippen LogP contribution in [-0.2, 0) is 11.2 Å². The van der Waals surface area contributed by atoms with Gasteiger partial charge in [-0.1, -0.05) is 25.5 Å². The summed E-state index contributed by atoms with van der Waals surface area (Å²) in [5.41, 5.74) is 1.45. The molecule has 5 rings (SSSR count). The number of nitrogens with zero attached hydrogens (tertiary/aromatic N) is 5. The lowest BCUT2D eigenvalue weighted by atomic mass is 9.60. The molecule has 2 aromatic rings. The average Bonchev–Trinajstić information content (AvgIpc) is 3.33. The molecule has 0 bridgehead atoms. The average molecular weight is 448 g/mol. The number of anilines is 1. The summed E-state index contributed by atoms with van der Waals surface area (Å²) in [6, 6.07) is 9.87. The second-order valence-electron chi connectivity index (χ2n) is 9.98. The Kier molecular flexibility index (Phi) is 5.59. The number of piperidine rings is 1. The van der Waals surface area contributed by atoms with E-state index < -0.39 is 5.41 Å². The van der Waals surface area contributed by atoms with E-state index in [0.717, 1.165) is 50.8 Å². The number of aryl methyl sites for hydroxylation is 1. The van der Waals surface area contributed by atoms with Crippen molar-refractivity contribution >= 4 is 17.8 Å². The fraction of sp³-hybridized carbons (Fsp3) is 0.538. The van der Waals surface area contributed by atoms with Gasteiger partial charge in [0.15, 0.2) is 0 Å². The van der Waals surface area contributed by atoms with Gasteiger partial charge in [0, 0.05) is 63.1 Å². The number of carbonyl (C=O) groups is 2. The standard InChI is InChI=1S/C26H33N5O2/c1-3-5-20-6-8-21(9-7-20)22(32)30-16-10-25(11-17-30)18-31(24-27-13-4-14-28-24)19-26(25)12-15-29(2)23(26)33/h4,6-9,13-14H,3,5,10-12,15-19H2,1-2H3. The van der Waals surface area contributed by atoms with Gasteiger partial charge in [0.25, 0.3) is 5.91 Å². The summed E-state index contributed by atoms with van der Waals surface area (Å²) in [6.45, 7) is 5.74. The highest BCUT2D eigenvalue weighted by atomic mass is 16.2. The molecule has 0 N–H and O–H groups in total. The van der Waals surface area contributed by atoms with Crippen LogP contribution in [0, 0.1) is 10.8 Å². The van der Waals surface area contributed by atoms with E-state index in [2.05, 4.69) is 33.9 Å². The first-order chi connectivity index (χ1) is 16.0. The van der Waals surface area contributed by atoms with Crippen molar-refractivity contribution in [2.45, 2.75) is 39.0 Å². The second kappa shape index (κ2) is 8.43. The Morgan fingerprint density at radius 3 is 2.30 bits per heavy atom. The first kappa shape index (κ1) is 21.9. The van der Waals surface area contributed by atoms with Crippen LogP contribution in [0.25, 0.3) is 0 Å². The van der Waals surface area contributed by atoms with Gasteiger partial charge in [-0.25, -0.2) is 9.97 Å². The lowest BCUT2D eigenvalue weighted by Gasteiger charge is -2.46. The number of rotatable bonds is 4. The van der Waals surface area contributed by atoms with Gasteiger partial charge in [-0.3, -0.25) is 9.59 Å². The molecule has 3 saturated heterocycles. The number of amides is 2. The smallest absolute Gasteiger partial charge is 0.253 e. The van der Waals surface area contributed by atoms with E-state index in [1.807, 2.05) is 35.0 Å². The summed E-state index contributed by atoms with van der Waals surface area (Å²) in [5, 5.41) is 0. The Balaban J connectivity index is 1.36. The molecular formula is C26H33N5O2. The largest absolute Gasteiger partial charge is 0.345 e. The molecule has 4 heterocycles. The Bertz CT molecular complexity index is 1020. The Morgan fingerprint density at radius 2 is 1.70 bits per heavy atom. The van der Waals surface area contributed by atoms with E-state index in [9.17, 15) is 9.59 Å². The molecule has 2 amide bonds. The molecule has 7 heteroatoms. The quantitative estimate of drug-likeness (QED) is 0.721. The molecule has 0 aliphatic carbocycles. The number of benzene rings is 1. The maximum Gasteiger partial charge on any atom is 0.253 e. The van der Waals surface area contributed by atoms with Crippen LogP contribution in [0.1, 0.15) is 48.5 Å². The van der Waals surface area contributed by atoms with Crippen molar-refractivity contribution in [1.29, 1.82) is 0 Å². The highest BCUT2D eigenvalue weighted by Gasteiger charge is 2.65. The first-order valence-corrected chi connectivity index (χ1v) is 12.1. The van der Waals surface area contributed by atoms with Gasteiger partial charge in [0.2, 0.25) is 11.9 Å². The van der Waals surface area contributed by atoms with E-state index in [0.29, 0.717) is 25.6 Å². The minimum Gasteiger partial charge on any atom is -0.345 e. The van der Waals surface area contributed by atoms with Crippen molar-refractivity contribution in [1.82, 2.24) is 19.8 Å². The Hall–Kier alpha value is -2.96. The summed E-state index contributed by atoms with van der Waals surface area (Å²) in [7, 11) is 1.91. The predicted molar refractivity (Wildman–Crippen MR) is 127 cm³/mol. The molecule has 3 aliphatic heterocycles. The van der Waals surface area contributed by atoms with Crippen molar-refractivity contribution in [3.8, 4) is 0 Å². The molecule has 174 valence electrons. The molecule has 0 radical (unpaired) electrons. The van der Waals surface area contributed by atoms with Crippen LogP contribution in [0.5, 0.6) is 0 Å². The van der Waals surface area contributed by atoms with Crippen molar-refractivity contribution in [2.24, 2.45) is 10.8 Å². The fourth-order valence-corrected chi connectivity index (χ4v) is 6.29. The number of fused-ring (bicyclic) bond motifs is 1. The topological polar surface area (TPSA) is 69.6 Å². The number of hydrogen-bond donors (Lipinski definition) is 0. The van der Waals surface area contributed by atoms with E-state index in [4.69, 9.17) is 0 Å². The van der Waals surface area contributed by atoms with Crippen LogP contribution < -0.4 is 4.90 Å². The molecule has 1 atom stereocenters. The number of carbonyl (C=O) groups excluding carboxylic acids is 2. The van der Waals surface area contributed by atoms with Crippen molar-refractivity contribution in [2.75, 3.05) is 44.7 Å². The molecule has 1 unspecified atom stereocenters. The van der Waals surface area contributed by atoms with Crippen LogP contribution >= 0.6 is 0 Å². The lowest BCUT2D eigenvalue weighted by Crippen LogP contribution is -2.53. The van der Waals surface area contributed by atoms with Crippen LogP contribution in [-0.4, -0.2) is 71.4 Å². The van der Waals surface area contributed by atoms with E-state index in [1.54, 1.807) is 12.4 Å². The minimum atomic E-state index is -0.419. The van der Waals surface area contributed by atoms with Gasteiger partial charge in [-0.15, -0.1) is 0 Å². The van der Waals surface area contributed by atoms with Gasteiger partial charge < -0.3 is 14.7 Å². The van der Waals surface area contributed by atoms with E-state index in [-0.39, 0.29) is 17.2 Å². The van der Waals surface area contributed by atoms with Crippen LogP contribution in [0.4, 0.5) is 5.95 Å². The normalized spacial score (nSPS) is 24.3. The third kappa shape index (κ3) is 3.58. The molecule has 2 spiro atoms. The zero-order valence-electron chi connectivity index (χ0n) is 19.7. The first-order valence-electron chi connectivity index (χ1n) is 12.1. The Labute approximate surface area is 195 Å². The number of hydrogen-bond acceptors (Lipinski definition) is 5.